The van der Waals surface area contributed by atoms with Gasteiger partial charge < -0.3 is 13.9 Å². The molecule has 112 valence electrons. The first kappa shape index (κ1) is 14.6. The van der Waals surface area contributed by atoms with Gasteiger partial charge in [-0.25, -0.2) is 0 Å². The van der Waals surface area contributed by atoms with Crippen molar-refractivity contribution in [3.05, 3.63) is 59.4 Å². The Kier molecular flexibility index (Phi) is 4.70. The molecular formula is C16H13BrN2O3. The predicted octanol–water partition coefficient (Wildman–Crippen LogP) is 3.96. The molecule has 0 saturated carbocycles. The summed E-state index contributed by atoms with van der Waals surface area (Å²) < 4.78 is 17.3. The molecule has 0 aliphatic heterocycles. The molecule has 2 aromatic carbocycles. The van der Waals surface area contributed by atoms with Gasteiger partial charge in [0.05, 0.1) is 0 Å². The topological polar surface area (TPSA) is 57.4 Å². The molecule has 0 spiro atoms. The van der Waals surface area contributed by atoms with Gasteiger partial charge in [-0.3, -0.25) is 0 Å². The molecule has 5 nitrogen and oxygen atoms in total. The van der Waals surface area contributed by atoms with E-state index < -0.39 is 0 Å². The molecule has 0 N–H and O–H groups in total. The van der Waals surface area contributed by atoms with Gasteiger partial charge >= 0.3 is 0 Å². The fourth-order valence-electron chi connectivity index (χ4n) is 1.87. The van der Waals surface area contributed by atoms with Crippen molar-refractivity contribution in [2.24, 2.45) is 0 Å². The Balaban J connectivity index is 1.48. The molecule has 1 aromatic heterocycles. The van der Waals surface area contributed by atoms with Crippen molar-refractivity contribution in [3.8, 4) is 23.0 Å². The predicted molar refractivity (Wildman–Crippen MR) is 84.9 cm³/mol. The van der Waals surface area contributed by atoms with Crippen LogP contribution in [-0.4, -0.2) is 23.4 Å². The number of hydrogen-bond donors (Lipinski definition) is 0. The number of aromatic nitrogens is 2. The highest BCUT2D eigenvalue weighted by atomic mass is 79.9. The van der Waals surface area contributed by atoms with Gasteiger partial charge in [0.1, 0.15) is 24.7 Å². The zero-order valence-corrected chi connectivity index (χ0v) is 13.2. The quantitative estimate of drug-likeness (QED) is 0.622. The van der Waals surface area contributed by atoms with E-state index in [2.05, 4.69) is 26.1 Å². The maximum absolute atomic E-state index is 5.63. The van der Waals surface area contributed by atoms with Crippen LogP contribution in [0.3, 0.4) is 0 Å². The molecule has 22 heavy (non-hydrogen) atoms. The molecule has 3 rings (SSSR count). The van der Waals surface area contributed by atoms with Crippen LogP contribution in [0.4, 0.5) is 0 Å². The molecule has 6 heteroatoms. The SMILES string of the molecule is Brc1cccc(OCCOc2ccc(-c3nnco3)cc2)c1. The molecule has 0 amide bonds. The first-order valence-corrected chi connectivity index (χ1v) is 7.48. The van der Waals surface area contributed by atoms with Gasteiger partial charge in [0.2, 0.25) is 12.3 Å². The molecule has 0 radical (unpaired) electrons. The Morgan fingerprint density at radius 1 is 0.955 bits per heavy atom. The molecule has 0 atom stereocenters. The van der Waals surface area contributed by atoms with E-state index in [1.165, 1.54) is 6.39 Å². The highest BCUT2D eigenvalue weighted by molar-refractivity contribution is 9.10. The summed E-state index contributed by atoms with van der Waals surface area (Å²) in [5.41, 5.74) is 0.857. The lowest BCUT2D eigenvalue weighted by molar-refractivity contribution is 0.217. The van der Waals surface area contributed by atoms with Crippen LogP contribution in [0.2, 0.25) is 0 Å². The Morgan fingerprint density at radius 2 is 1.73 bits per heavy atom. The number of nitrogens with zero attached hydrogens (tertiary/aromatic N) is 2. The minimum absolute atomic E-state index is 0.465. The second-order valence-corrected chi connectivity index (χ2v) is 5.34. The van der Waals surface area contributed by atoms with Crippen LogP contribution in [0.1, 0.15) is 0 Å². The van der Waals surface area contributed by atoms with Gasteiger partial charge in [-0.1, -0.05) is 22.0 Å². The monoisotopic (exact) mass is 360 g/mol. The van der Waals surface area contributed by atoms with E-state index in [4.69, 9.17) is 13.9 Å². The second-order valence-electron chi connectivity index (χ2n) is 4.42. The molecule has 0 aliphatic rings. The van der Waals surface area contributed by atoms with Crippen molar-refractivity contribution in [1.29, 1.82) is 0 Å². The van der Waals surface area contributed by atoms with Crippen molar-refractivity contribution >= 4 is 15.9 Å². The van der Waals surface area contributed by atoms with E-state index in [9.17, 15) is 0 Å². The van der Waals surface area contributed by atoms with Gasteiger partial charge in [-0.2, -0.15) is 0 Å². The highest BCUT2D eigenvalue weighted by Gasteiger charge is 2.03. The largest absolute Gasteiger partial charge is 0.490 e. The van der Waals surface area contributed by atoms with Gasteiger partial charge in [0.15, 0.2) is 0 Å². The standard InChI is InChI=1S/C16H13BrN2O3/c17-13-2-1-3-15(10-13)21-9-8-20-14-6-4-12(5-7-14)16-19-18-11-22-16/h1-7,10-11H,8-9H2. The summed E-state index contributed by atoms with van der Waals surface area (Å²) in [7, 11) is 0. The van der Waals surface area contributed by atoms with Gasteiger partial charge in [0.25, 0.3) is 0 Å². The molecule has 0 aliphatic carbocycles. The van der Waals surface area contributed by atoms with Crippen molar-refractivity contribution in [2.45, 2.75) is 0 Å². The summed E-state index contributed by atoms with van der Waals surface area (Å²) in [6.07, 6.45) is 1.30. The summed E-state index contributed by atoms with van der Waals surface area (Å²) in [6.45, 7) is 0.939. The minimum atomic E-state index is 0.465. The number of ether oxygens (including phenoxy) is 2. The fourth-order valence-corrected chi connectivity index (χ4v) is 2.25. The van der Waals surface area contributed by atoms with E-state index in [1.807, 2.05) is 48.5 Å². The lowest BCUT2D eigenvalue weighted by Gasteiger charge is -2.08. The Labute approximate surface area is 136 Å². The van der Waals surface area contributed by atoms with E-state index in [1.54, 1.807) is 0 Å². The number of rotatable bonds is 6. The number of benzene rings is 2. The van der Waals surface area contributed by atoms with E-state index in [-0.39, 0.29) is 0 Å². The Bertz CT molecular complexity index is 715. The summed E-state index contributed by atoms with van der Waals surface area (Å²) in [5.74, 6) is 2.07. The molecule has 0 saturated heterocycles. The summed E-state index contributed by atoms with van der Waals surface area (Å²) in [4.78, 5) is 0. The van der Waals surface area contributed by atoms with Crippen molar-refractivity contribution in [3.63, 3.8) is 0 Å². The third-order valence-electron chi connectivity index (χ3n) is 2.88. The lowest BCUT2D eigenvalue weighted by Crippen LogP contribution is -2.08. The first-order chi connectivity index (χ1) is 10.8. The maximum atomic E-state index is 5.63. The molecular weight excluding hydrogens is 348 g/mol. The lowest BCUT2D eigenvalue weighted by atomic mass is 10.2. The van der Waals surface area contributed by atoms with Crippen LogP contribution in [0.5, 0.6) is 11.5 Å². The third-order valence-corrected chi connectivity index (χ3v) is 3.37. The van der Waals surface area contributed by atoms with Crippen molar-refractivity contribution in [2.75, 3.05) is 13.2 Å². The third kappa shape index (κ3) is 3.85. The zero-order valence-electron chi connectivity index (χ0n) is 11.6. The first-order valence-electron chi connectivity index (χ1n) is 6.69. The zero-order chi connectivity index (χ0) is 15.2. The second kappa shape index (κ2) is 7.09. The van der Waals surface area contributed by atoms with Crippen molar-refractivity contribution in [1.82, 2.24) is 10.2 Å². The molecule has 3 aromatic rings. The molecule has 0 fully saturated rings. The van der Waals surface area contributed by atoms with Gasteiger partial charge in [-0.05, 0) is 42.5 Å². The van der Waals surface area contributed by atoms with E-state index >= 15 is 0 Å². The maximum Gasteiger partial charge on any atom is 0.247 e. The normalized spacial score (nSPS) is 10.4. The molecule has 0 bridgehead atoms. The smallest absolute Gasteiger partial charge is 0.247 e. The summed E-state index contributed by atoms with van der Waals surface area (Å²) >= 11 is 3.40. The van der Waals surface area contributed by atoms with Crippen LogP contribution >= 0.6 is 15.9 Å². The molecule has 0 unspecified atom stereocenters. The van der Waals surface area contributed by atoms with Crippen LogP contribution in [-0.2, 0) is 0 Å². The van der Waals surface area contributed by atoms with Gasteiger partial charge in [-0.15, -0.1) is 10.2 Å². The number of halogens is 1. The average molecular weight is 361 g/mol. The number of hydrogen-bond acceptors (Lipinski definition) is 5. The Hall–Kier alpha value is -2.34. The van der Waals surface area contributed by atoms with Crippen LogP contribution in [0, 0.1) is 0 Å². The highest BCUT2D eigenvalue weighted by Crippen LogP contribution is 2.20. The van der Waals surface area contributed by atoms with Gasteiger partial charge in [0, 0.05) is 10.0 Å². The van der Waals surface area contributed by atoms with E-state index in [0.29, 0.717) is 19.1 Å². The Morgan fingerprint density at radius 3 is 2.41 bits per heavy atom. The van der Waals surface area contributed by atoms with Crippen molar-refractivity contribution < 1.29 is 13.9 Å². The van der Waals surface area contributed by atoms with Crippen LogP contribution < -0.4 is 9.47 Å². The average Bonchev–Trinajstić information content (AvgIpc) is 3.07. The summed E-state index contributed by atoms with van der Waals surface area (Å²) in [5, 5.41) is 7.50. The van der Waals surface area contributed by atoms with E-state index in [0.717, 1.165) is 21.5 Å². The minimum Gasteiger partial charge on any atom is -0.490 e. The van der Waals surface area contributed by atoms with Crippen LogP contribution in [0.15, 0.2) is 63.8 Å². The van der Waals surface area contributed by atoms with Crippen LogP contribution in [0.25, 0.3) is 11.5 Å². The fraction of sp³-hybridized carbons (Fsp3) is 0.125. The molecule has 1 heterocycles. The summed E-state index contributed by atoms with van der Waals surface area (Å²) in [6, 6.07) is 15.2.